The first-order valence-electron chi connectivity index (χ1n) is 7.90. The molecule has 0 saturated heterocycles. The van der Waals surface area contributed by atoms with E-state index in [1.165, 1.54) is 0 Å². The van der Waals surface area contributed by atoms with Gasteiger partial charge in [0.05, 0.1) is 12.2 Å². The normalized spacial score (nSPS) is 10.3. The molecule has 0 aliphatic heterocycles. The summed E-state index contributed by atoms with van der Waals surface area (Å²) in [6, 6.07) is 17.1. The molecular weight excluding hydrogens is 320 g/mol. The lowest BCUT2D eigenvalue weighted by Crippen LogP contribution is -2.27. The SMILES string of the molecule is CC(C)COC(=O)c1ccc(NC(=S)NCc2ccccc2)cc1. The van der Waals surface area contributed by atoms with Crippen LogP contribution >= 0.6 is 12.2 Å². The molecule has 0 aliphatic rings. The minimum Gasteiger partial charge on any atom is -0.462 e. The fourth-order valence-electron chi connectivity index (χ4n) is 1.97. The zero-order chi connectivity index (χ0) is 17.4. The molecule has 2 aromatic rings. The van der Waals surface area contributed by atoms with Crippen molar-refractivity contribution in [3.05, 3.63) is 65.7 Å². The van der Waals surface area contributed by atoms with Gasteiger partial charge in [-0.3, -0.25) is 0 Å². The average molecular weight is 342 g/mol. The van der Waals surface area contributed by atoms with Crippen LogP contribution < -0.4 is 10.6 Å². The van der Waals surface area contributed by atoms with Crippen molar-refractivity contribution in [3.8, 4) is 0 Å². The van der Waals surface area contributed by atoms with E-state index in [-0.39, 0.29) is 5.97 Å². The van der Waals surface area contributed by atoms with E-state index in [0.717, 1.165) is 11.3 Å². The van der Waals surface area contributed by atoms with Gasteiger partial charge in [-0.25, -0.2) is 4.79 Å². The van der Waals surface area contributed by atoms with Gasteiger partial charge in [0.15, 0.2) is 5.11 Å². The Morgan fingerprint density at radius 2 is 1.75 bits per heavy atom. The van der Waals surface area contributed by atoms with Crippen molar-refractivity contribution in [3.63, 3.8) is 0 Å². The summed E-state index contributed by atoms with van der Waals surface area (Å²) in [5.41, 5.74) is 2.51. The second kappa shape index (κ2) is 9.03. The van der Waals surface area contributed by atoms with Gasteiger partial charge in [-0.15, -0.1) is 0 Å². The minimum absolute atomic E-state index is 0.306. The van der Waals surface area contributed by atoms with E-state index in [0.29, 0.717) is 29.7 Å². The Bertz CT molecular complexity index is 670. The molecule has 4 nitrogen and oxygen atoms in total. The Morgan fingerprint density at radius 1 is 1.08 bits per heavy atom. The van der Waals surface area contributed by atoms with Gasteiger partial charge in [0.1, 0.15) is 0 Å². The van der Waals surface area contributed by atoms with E-state index >= 15 is 0 Å². The smallest absolute Gasteiger partial charge is 0.338 e. The van der Waals surface area contributed by atoms with Crippen LogP contribution in [-0.2, 0) is 11.3 Å². The van der Waals surface area contributed by atoms with Crippen molar-refractivity contribution in [2.24, 2.45) is 5.92 Å². The molecule has 2 aromatic carbocycles. The van der Waals surface area contributed by atoms with E-state index in [2.05, 4.69) is 10.6 Å². The topological polar surface area (TPSA) is 50.4 Å². The second-order valence-corrected chi connectivity index (χ2v) is 6.27. The third kappa shape index (κ3) is 6.01. The number of nitrogens with one attached hydrogen (secondary N) is 2. The third-order valence-electron chi connectivity index (χ3n) is 3.22. The average Bonchev–Trinajstić information content (AvgIpc) is 2.59. The summed E-state index contributed by atoms with van der Waals surface area (Å²) in [5, 5.41) is 6.78. The fraction of sp³-hybridized carbons (Fsp3) is 0.263. The summed E-state index contributed by atoms with van der Waals surface area (Å²) in [5.74, 6) is 0.0166. The molecule has 0 heterocycles. The highest BCUT2D eigenvalue weighted by Gasteiger charge is 2.08. The largest absolute Gasteiger partial charge is 0.462 e. The molecule has 126 valence electrons. The monoisotopic (exact) mass is 342 g/mol. The number of ether oxygens (including phenoxy) is 1. The molecule has 0 radical (unpaired) electrons. The van der Waals surface area contributed by atoms with Gasteiger partial charge in [-0.1, -0.05) is 44.2 Å². The maximum Gasteiger partial charge on any atom is 0.338 e. The van der Waals surface area contributed by atoms with Crippen molar-refractivity contribution in [1.82, 2.24) is 5.32 Å². The highest BCUT2D eigenvalue weighted by Crippen LogP contribution is 2.11. The molecule has 0 amide bonds. The first-order chi connectivity index (χ1) is 11.5. The number of hydrogen-bond donors (Lipinski definition) is 2. The van der Waals surface area contributed by atoms with Crippen LogP contribution in [0.25, 0.3) is 0 Å². The Kier molecular flexibility index (Phi) is 6.75. The van der Waals surface area contributed by atoms with Crippen molar-refractivity contribution >= 4 is 29.0 Å². The first-order valence-corrected chi connectivity index (χ1v) is 8.31. The quantitative estimate of drug-likeness (QED) is 0.614. The number of anilines is 1. The second-order valence-electron chi connectivity index (χ2n) is 5.86. The zero-order valence-electron chi connectivity index (χ0n) is 13.9. The highest BCUT2D eigenvalue weighted by atomic mass is 32.1. The summed E-state index contributed by atoms with van der Waals surface area (Å²) < 4.78 is 5.20. The molecular formula is C19H22N2O2S. The minimum atomic E-state index is -0.306. The van der Waals surface area contributed by atoms with Crippen molar-refractivity contribution in [2.75, 3.05) is 11.9 Å². The van der Waals surface area contributed by atoms with Gasteiger partial charge in [0, 0.05) is 12.2 Å². The van der Waals surface area contributed by atoms with Crippen LogP contribution in [0.2, 0.25) is 0 Å². The molecule has 0 atom stereocenters. The molecule has 2 N–H and O–H groups in total. The van der Waals surface area contributed by atoms with Crippen LogP contribution in [0.4, 0.5) is 5.69 Å². The van der Waals surface area contributed by atoms with E-state index in [1.807, 2.05) is 56.3 Å². The van der Waals surface area contributed by atoms with E-state index in [4.69, 9.17) is 17.0 Å². The molecule has 24 heavy (non-hydrogen) atoms. The molecule has 0 aromatic heterocycles. The van der Waals surface area contributed by atoms with Crippen molar-refractivity contribution in [2.45, 2.75) is 20.4 Å². The van der Waals surface area contributed by atoms with Gasteiger partial charge in [-0.05, 0) is 48.0 Å². The number of rotatable bonds is 6. The number of benzene rings is 2. The fourth-order valence-corrected chi connectivity index (χ4v) is 2.16. The van der Waals surface area contributed by atoms with Crippen LogP contribution in [0.5, 0.6) is 0 Å². The maximum atomic E-state index is 11.9. The Labute approximate surface area is 148 Å². The molecule has 0 saturated carbocycles. The van der Waals surface area contributed by atoms with Crippen molar-refractivity contribution in [1.29, 1.82) is 0 Å². The van der Waals surface area contributed by atoms with E-state index < -0.39 is 0 Å². The van der Waals surface area contributed by atoms with Crippen LogP contribution in [0.15, 0.2) is 54.6 Å². The molecule has 0 spiro atoms. The lowest BCUT2D eigenvalue weighted by Gasteiger charge is -2.11. The Balaban J connectivity index is 1.82. The summed E-state index contributed by atoms with van der Waals surface area (Å²) in [6.45, 7) is 5.09. The van der Waals surface area contributed by atoms with E-state index in [1.54, 1.807) is 12.1 Å². The van der Waals surface area contributed by atoms with Crippen LogP contribution in [0.3, 0.4) is 0 Å². The molecule has 0 fully saturated rings. The molecule has 0 aliphatic carbocycles. The molecule has 2 rings (SSSR count). The number of thiocarbonyl (C=S) groups is 1. The molecule has 0 unspecified atom stereocenters. The summed E-state index contributed by atoms with van der Waals surface area (Å²) in [6.07, 6.45) is 0. The number of carbonyl (C=O) groups excluding carboxylic acids is 1. The van der Waals surface area contributed by atoms with Crippen LogP contribution in [0, 0.1) is 5.92 Å². The standard InChI is InChI=1S/C19H22N2O2S/c1-14(2)13-23-18(22)16-8-10-17(11-9-16)21-19(24)20-12-15-6-4-3-5-7-15/h3-11,14H,12-13H2,1-2H3,(H2,20,21,24). The first kappa shape index (κ1) is 17.9. The van der Waals surface area contributed by atoms with E-state index in [9.17, 15) is 4.79 Å². The van der Waals surface area contributed by atoms with Gasteiger partial charge in [0.2, 0.25) is 0 Å². The highest BCUT2D eigenvalue weighted by molar-refractivity contribution is 7.80. The predicted molar refractivity (Wildman–Crippen MR) is 101 cm³/mol. The summed E-state index contributed by atoms with van der Waals surface area (Å²) in [4.78, 5) is 11.9. The van der Waals surface area contributed by atoms with Gasteiger partial charge < -0.3 is 15.4 Å². The number of esters is 1. The maximum absolute atomic E-state index is 11.9. The van der Waals surface area contributed by atoms with Gasteiger partial charge in [0.25, 0.3) is 0 Å². The third-order valence-corrected chi connectivity index (χ3v) is 3.47. The van der Waals surface area contributed by atoms with Crippen LogP contribution in [0.1, 0.15) is 29.8 Å². The van der Waals surface area contributed by atoms with Gasteiger partial charge >= 0.3 is 5.97 Å². The molecule has 5 heteroatoms. The summed E-state index contributed by atoms with van der Waals surface area (Å²) in [7, 11) is 0. The number of carbonyl (C=O) groups is 1. The lowest BCUT2D eigenvalue weighted by atomic mass is 10.2. The Hall–Kier alpha value is -2.40. The van der Waals surface area contributed by atoms with Crippen LogP contribution in [-0.4, -0.2) is 17.7 Å². The number of hydrogen-bond acceptors (Lipinski definition) is 3. The zero-order valence-corrected chi connectivity index (χ0v) is 14.7. The predicted octanol–water partition coefficient (Wildman–Crippen LogP) is 3.99. The van der Waals surface area contributed by atoms with Crippen molar-refractivity contribution < 1.29 is 9.53 Å². The Morgan fingerprint density at radius 3 is 2.38 bits per heavy atom. The van der Waals surface area contributed by atoms with Gasteiger partial charge in [-0.2, -0.15) is 0 Å². The molecule has 0 bridgehead atoms. The summed E-state index contributed by atoms with van der Waals surface area (Å²) >= 11 is 5.28. The lowest BCUT2D eigenvalue weighted by molar-refractivity contribution is 0.0459.